The summed E-state index contributed by atoms with van der Waals surface area (Å²) in [5, 5.41) is 0.582. The fraction of sp³-hybridized carbons (Fsp3) is 0.368. The van der Waals surface area contributed by atoms with Gasteiger partial charge in [0.05, 0.1) is 36.6 Å². The molecule has 0 N–H and O–H groups in total. The van der Waals surface area contributed by atoms with Gasteiger partial charge in [-0.3, -0.25) is 9.69 Å². The van der Waals surface area contributed by atoms with Crippen molar-refractivity contribution in [1.82, 2.24) is 4.90 Å². The Kier molecular flexibility index (Phi) is 5.65. The first kappa shape index (κ1) is 19.2. The molecular weight excluding hydrogens is 368 g/mol. The summed E-state index contributed by atoms with van der Waals surface area (Å²) in [4.78, 5) is 43.0. The maximum absolute atomic E-state index is 12.6. The Labute approximate surface area is 161 Å². The Balaban J connectivity index is 2.09. The van der Waals surface area contributed by atoms with Gasteiger partial charge in [0.25, 0.3) is 0 Å². The van der Waals surface area contributed by atoms with E-state index >= 15 is 0 Å². The van der Waals surface area contributed by atoms with Crippen LogP contribution in [0.3, 0.4) is 0 Å². The molecule has 0 aromatic heterocycles. The fourth-order valence-electron chi connectivity index (χ4n) is 3.10. The smallest absolute Gasteiger partial charge is 0.338 e. The van der Waals surface area contributed by atoms with E-state index in [0.29, 0.717) is 39.7 Å². The van der Waals surface area contributed by atoms with Crippen molar-refractivity contribution in [3.05, 3.63) is 46.7 Å². The largest absolute Gasteiger partial charge is 0.465 e. The monoisotopic (exact) mass is 388 g/mol. The van der Waals surface area contributed by atoms with Gasteiger partial charge in [0.2, 0.25) is 5.91 Å². The molecule has 7 nitrogen and oxygen atoms in total. The summed E-state index contributed by atoms with van der Waals surface area (Å²) in [6.45, 7) is 3.70. The molecule has 2 heterocycles. The highest BCUT2D eigenvalue weighted by molar-refractivity contribution is 8.14. The van der Waals surface area contributed by atoms with Gasteiger partial charge in [0.1, 0.15) is 0 Å². The van der Waals surface area contributed by atoms with Crippen LogP contribution in [0.25, 0.3) is 0 Å². The summed E-state index contributed by atoms with van der Waals surface area (Å²) in [5.74, 6) is -0.383. The summed E-state index contributed by atoms with van der Waals surface area (Å²) in [6, 6.07) is 6.04. The van der Waals surface area contributed by atoms with Crippen LogP contribution < -0.4 is 0 Å². The van der Waals surface area contributed by atoms with Crippen LogP contribution in [0.2, 0.25) is 0 Å². The fourth-order valence-corrected chi connectivity index (χ4v) is 4.11. The summed E-state index contributed by atoms with van der Waals surface area (Å²) in [6.07, 6.45) is 0.371. The molecule has 0 radical (unpaired) electrons. The number of ether oxygens (including phenoxy) is 2. The molecule has 0 unspecified atom stereocenters. The van der Waals surface area contributed by atoms with E-state index in [1.807, 2.05) is 0 Å². The number of hydrogen-bond donors (Lipinski definition) is 0. The van der Waals surface area contributed by atoms with Gasteiger partial charge in [-0.1, -0.05) is 23.9 Å². The van der Waals surface area contributed by atoms with Crippen molar-refractivity contribution in [3.63, 3.8) is 0 Å². The lowest BCUT2D eigenvalue weighted by Crippen LogP contribution is -2.45. The third-order valence-electron chi connectivity index (χ3n) is 4.35. The van der Waals surface area contributed by atoms with Gasteiger partial charge < -0.3 is 9.47 Å². The van der Waals surface area contributed by atoms with Gasteiger partial charge in [-0.2, -0.15) is 0 Å². The van der Waals surface area contributed by atoms with Crippen LogP contribution in [0.4, 0.5) is 0 Å². The number of methoxy groups -OCH3 is 1. The highest BCUT2D eigenvalue weighted by Gasteiger charge is 2.41. The molecule has 1 aromatic carbocycles. The Morgan fingerprint density at radius 2 is 1.96 bits per heavy atom. The molecule has 1 aromatic rings. The number of amidine groups is 1. The second kappa shape index (κ2) is 7.96. The van der Waals surface area contributed by atoms with Crippen molar-refractivity contribution in [3.8, 4) is 0 Å². The quantitative estimate of drug-likeness (QED) is 0.737. The molecule has 3 rings (SSSR count). The zero-order valence-electron chi connectivity index (χ0n) is 15.4. The number of carbonyl (C=O) groups is 3. The number of esters is 2. The van der Waals surface area contributed by atoms with Crippen LogP contribution in [-0.4, -0.2) is 47.4 Å². The van der Waals surface area contributed by atoms with Crippen molar-refractivity contribution in [2.45, 2.75) is 26.3 Å². The average Bonchev–Trinajstić information content (AvgIpc) is 2.66. The number of amides is 1. The highest BCUT2D eigenvalue weighted by Crippen LogP contribution is 2.40. The number of rotatable bonds is 4. The van der Waals surface area contributed by atoms with Gasteiger partial charge in [-0.15, -0.1) is 0 Å². The zero-order valence-corrected chi connectivity index (χ0v) is 16.2. The maximum Gasteiger partial charge on any atom is 0.338 e. The number of hydrogen-bond acceptors (Lipinski definition) is 7. The lowest BCUT2D eigenvalue weighted by Gasteiger charge is -2.38. The molecule has 0 spiro atoms. The normalized spacial score (nSPS) is 19.4. The van der Waals surface area contributed by atoms with E-state index in [1.54, 1.807) is 43.0 Å². The minimum atomic E-state index is -0.636. The van der Waals surface area contributed by atoms with E-state index in [2.05, 4.69) is 4.99 Å². The van der Waals surface area contributed by atoms with Gasteiger partial charge in [-0.05, 0) is 31.5 Å². The zero-order chi connectivity index (χ0) is 19.6. The highest BCUT2D eigenvalue weighted by atomic mass is 32.2. The predicted molar refractivity (Wildman–Crippen MR) is 101 cm³/mol. The molecule has 2 aliphatic heterocycles. The summed E-state index contributed by atoms with van der Waals surface area (Å²) < 4.78 is 9.94. The molecule has 1 amide bonds. The molecular formula is C19H20N2O5S. The summed E-state index contributed by atoms with van der Waals surface area (Å²) in [7, 11) is 1.31. The van der Waals surface area contributed by atoms with Crippen molar-refractivity contribution in [1.29, 1.82) is 0 Å². The Hall–Kier alpha value is -2.61. The van der Waals surface area contributed by atoms with E-state index in [-0.39, 0.29) is 12.5 Å². The van der Waals surface area contributed by atoms with E-state index in [9.17, 15) is 14.4 Å². The lowest BCUT2D eigenvalue weighted by atomic mass is 9.93. The Morgan fingerprint density at radius 3 is 2.59 bits per heavy atom. The number of carbonyl (C=O) groups excluding carboxylic acids is 3. The molecule has 1 fully saturated rings. The molecule has 27 heavy (non-hydrogen) atoms. The number of aliphatic imine (C=N–C) groups is 1. The number of nitrogens with zero attached hydrogens (tertiary/aromatic N) is 2. The topological polar surface area (TPSA) is 85.3 Å². The summed E-state index contributed by atoms with van der Waals surface area (Å²) >= 11 is 1.49. The number of fused-ring (bicyclic) bond motifs is 1. The first-order chi connectivity index (χ1) is 13.0. The molecule has 8 heteroatoms. The van der Waals surface area contributed by atoms with E-state index < -0.39 is 18.0 Å². The van der Waals surface area contributed by atoms with Crippen LogP contribution >= 0.6 is 11.8 Å². The van der Waals surface area contributed by atoms with E-state index in [1.165, 1.54) is 18.9 Å². The first-order valence-corrected chi connectivity index (χ1v) is 9.56. The average molecular weight is 388 g/mol. The lowest BCUT2D eigenvalue weighted by molar-refractivity contribution is -0.139. The maximum atomic E-state index is 12.6. The van der Waals surface area contributed by atoms with Crippen LogP contribution in [0, 0.1) is 0 Å². The van der Waals surface area contributed by atoms with Gasteiger partial charge in [0.15, 0.2) is 5.17 Å². The molecule has 0 aliphatic carbocycles. The molecule has 1 atom stereocenters. The predicted octanol–water partition coefficient (Wildman–Crippen LogP) is 2.69. The first-order valence-electron chi connectivity index (χ1n) is 8.57. The van der Waals surface area contributed by atoms with Crippen molar-refractivity contribution in [2.75, 3.05) is 19.5 Å². The minimum absolute atomic E-state index is 0.0937. The van der Waals surface area contributed by atoms with Crippen LogP contribution in [-0.2, 0) is 19.1 Å². The molecule has 0 bridgehead atoms. The van der Waals surface area contributed by atoms with Gasteiger partial charge in [0, 0.05) is 12.2 Å². The molecule has 142 valence electrons. The number of allylic oxidation sites excluding steroid dienone is 1. The van der Waals surface area contributed by atoms with Crippen LogP contribution in [0.15, 0.2) is 40.5 Å². The minimum Gasteiger partial charge on any atom is -0.465 e. The number of thioether (sulfide) groups is 1. The number of benzene rings is 1. The van der Waals surface area contributed by atoms with Crippen molar-refractivity contribution < 1.29 is 23.9 Å². The van der Waals surface area contributed by atoms with Crippen LogP contribution in [0.1, 0.15) is 42.2 Å². The summed E-state index contributed by atoms with van der Waals surface area (Å²) in [5.41, 5.74) is 1.96. The Bertz CT molecular complexity index is 844. The van der Waals surface area contributed by atoms with E-state index in [0.717, 1.165) is 0 Å². The van der Waals surface area contributed by atoms with Crippen LogP contribution in [0.5, 0.6) is 0 Å². The van der Waals surface area contributed by atoms with E-state index in [4.69, 9.17) is 9.47 Å². The second-order valence-corrected chi connectivity index (χ2v) is 7.05. The van der Waals surface area contributed by atoms with Crippen molar-refractivity contribution in [2.24, 2.45) is 4.99 Å². The third-order valence-corrected chi connectivity index (χ3v) is 5.30. The van der Waals surface area contributed by atoms with Gasteiger partial charge in [-0.25, -0.2) is 14.6 Å². The van der Waals surface area contributed by atoms with Gasteiger partial charge >= 0.3 is 11.9 Å². The Morgan fingerprint density at radius 1 is 1.26 bits per heavy atom. The molecule has 0 saturated carbocycles. The standard InChI is InChI=1S/C19H20N2O5S/c1-4-26-18(24)15-11(2)20-19-21(14(22)9-10-27-19)16(15)12-5-7-13(8-6-12)17(23)25-3/h5-8,16H,4,9-10H2,1-3H3/t16-/m1/s1. The van der Waals surface area contributed by atoms with Crippen molar-refractivity contribution >= 4 is 34.8 Å². The second-order valence-electron chi connectivity index (χ2n) is 5.99. The molecule has 1 saturated heterocycles. The molecule has 2 aliphatic rings. The third kappa shape index (κ3) is 3.62. The SMILES string of the molecule is CCOC(=O)C1=C(C)N=C2SCCC(=O)N2[C@@H]1c1ccc(C(=O)OC)cc1.